The lowest BCUT2D eigenvalue weighted by Gasteiger charge is -2.12. The van der Waals surface area contributed by atoms with E-state index in [0.717, 1.165) is 11.1 Å². The summed E-state index contributed by atoms with van der Waals surface area (Å²) in [5, 5.41) is 5.75. The molecule has 0 saturated heterocycles. The SMILES string of the molecule is O=NCc1ccccc1OCCOc1ccccc1CN=O. The van der Waals surface area contributed by atoms with Crippen molar-refractivity contribution in [2.75, 3.05) is 13.2 Å². The Bertz CT molecular complexity index is 576. The number of nitrogens with zero attached hydrogens (tertiary/aromatic N) is 2. The quantitative estimate of drug-likeness (QED) is 0.523. The van der Waals surface area contributed by atoms with Gasteiger partial charge in [-0.3, -0.25) is 0 Å². The summed E-state index contributed by atoms with van der Waals surface area (Å²) in [4.78, 5) is 20.8. The fourth-order valence-corrected chi connectivity index (χ4v) is 1.99. The third-order valence-corrected chi connectivity index (χ3v) is 3.01. The molecule has 0 heterocycles. The highest BCUT2D eigenvalue weighted by molar-refractivity contribution is 5.34. The maximum atomic E-state index is 10.4. The minimum atomic E-state index is 0.0743. The van der Waals surface area contributed by atoms with E-state index >= 15 is 0 Å². The van der Waals surface area contributed by atoms with Crippen LogP contribution in [0.4, 0.5) is 0 Å². The Hall–Kier alpha value is -2.76. The van der Waals surface area contributed by atoms with E-state index in [-0.39, 0.29) is 13.1 Å². The van der Waals surface area contributed by atoms with Crippen LogP contribution in [-0.4, -0.2) is 13.2 Å². The number of hydrogen-bond donors (Lipinski definition) is 0. The van der Waals surface area contributed by atoms with Crippen LogP contribution in [0.1, 0.15) is 11.1 Å². The van der Waals surface area contributed by atoms with Crippen LogP contribution in [0, 0.1) is 9.81 Å². The third kappa shape index (κ3) is 4.37. The molecule has 0 aliphatic rings. The molecular formula is C16H16N2O4. The van der Waals surface area contributed by atoms with Gasteiger partial charge in [-0.2, -0.15) is 9.81 Å². The van der Waals surface area contributed by atoms with Crippen LogP contribution in [-0.2, 0) is 13.1 Å². The van der Waals surface area contributed by atoms with Crippen LogP contribution in [0.15, 0.2) is 58.9 Å². The van der Waals surface area contributed by atoms with Gasteiger partial charge in [-0.15, -0.1) is 0 Å². The van der Waals surface area contributed by atoms with Gasteiger partial charge in [0.1, 0.15) is 37.8 Å². The van der Waals surface area contributed by atoms with Crippen LogP contribution in [0.2, 0.25) is 0 Å². The molecule has 0 saturated carbocycles. The number of benzene rings is 2. The Morgan fingerprint density at radius 2 is 1.09 bits per heavy atom. The number of hydrogen-bond acceptors (Lipinski definition) is 6. The average molecular weight is 300 g/mol. The van der Waals surface area contributed by atoms with E-state index < -0.39 is 0 Å². The zero-order chi connectivity index (χ0) is 15.6. The van der Waals surface area contributed by atoms with Crippen molar-refractivity contribution < 1.29 is 9.47 Å². The third-order valence-electron chi connectivity index (χ3n) is 3.01. The molecule has 0 spiro atoms. The van der Waals surface area contributed by atoms with E-state index in [9.17, 15) is 9.81 Å². The molecular weight excluding hydrogens is 284 g/mol. The average Bonchev–Trinajstić information content (AvgIpc) is 2.55. The molecule has 6 heteroatoms. The Morgan fingerprint density at radius 1 is 0.682 bits per heavy atom. The van der Waals surface area contributed by atoms with Gasteiger partial charge in [0.25, 0.3) is 0 Å². The fourth-order valence-electron chi connectivity index (χ4n) is 1.99. The molecule has 2 aromatic carbocycles. The Balaban J connectivity index is 1.87. The smallest absolute Gasteiger partial charge is 0.124 e. The maximum absolute atomic E-state index is 10.4. The van der Waals surface area contributed by atoms with Crippen molar-refractivity contribution in [2.24, 2.45) is 10.4 Å². The molecule has 0 bridgehead atoms. The van der Waals surface area contributed by atoms with E-state index in [1.807, 2.05) is 24.3 Å². The minimum absolute atomic E-state index is 0.0743. The van der Waals surface area contributed by atoms with Gasteiger partial charge in [0.15, 0.2) is 0 Å². The van der Waals surface area contributed by atoms with E-state index in [2.05, 4.69) is 10.4 Å². The summed E-state index contributed by atoms with van der Waals surface area (Å²) in [5.41, 5.74) is 1.48. The molecule has 0 aliphatic heterocycles. The summed E-state index contributed by atoms with van der Waals surface area (Å²) in [7, 11) is 0. The van der Waals surface area contributed by atoms with Crippen LogP contribution < -0.4 is 9.47 Å². The van der Waals surface area contributed by atoms with Gasteiger partial charge in [0.2, 0.25) is 0 Å². The Morgan fingerprint density at radius 3 is 1.50 bits per heavy atom. The lowest BCUT2D eigenvalue weighted by atomic mass is 10.2. The Kier molecular flexibility index (Phi) is 6.04. The predicted molar refractivity (Wildman–Crippen MR) is 82.9 cm³/mol. The van der Waals surface area contributed by atoms with Crippen molar-refractivity contribution in [1.29, 1.82) is 0 Å². The van der Waals surface area contributed by atoms with Crippen LogP contribution in [0.5, 0.6) is 11.5 Å². The first-order chi connectivity index (χ1) is 10.8. The van der Waals surface area contributed by atoms with Gasteiger partial charge in [-0.25, -0.2) is 0 Å². The molecule has 0 unspecified atom stereocenters. The Labute approximate surface area is 128 Å². The highest BCUT2D eigenvalue weighted by atomic mass is 16.5. The summed E-state index contributed by atoms with van der Waals surface area (Å²) >= 11 is 0. The predicted octanol–water partition coefficient (Wildman–Crippen LogP) is 3.68. The zero-order valence-corrected chi connectivity index (χ0v) is 12.0. The zero-order valence-electron chi connectivity index (χ0n) is 12.0. The van der Waals surface area contributed by atoms with Gasteiger partial charge in [-0.1, -0.05) is 46.8 Å². The summed E-state index contributed by atoms with van der Waals surface area (Å²) < 4.78 is 11.2. The highest BCUT2D eigenvalue weighted by Gasteiger charge is 2.05. The van der Waals surface area contributed by atoms with Crippen molar-refractivity contribution in [1.82, 2.24) is 0 Å². The first-order valence-corrected chi connectivity index (χ1v) is 6.85. The second-order valence-corrected chi connectivity index (χ2v) is 4.49. The van der Waals surface area contributed by atoms with E-state index in [1.165, 1.54) is 0 Å². The van der Waals surface area contributed by atoms with Crippen molar-refractivity contribution in [3.8, 4) is 11.5 Å². The normalized spacial score (nSPS) is 10.0. The second-order valence-electron chi connectivity index (χ2n) is 4.49. The number of para-hydroxylation sites is 2. The first-order valence-electron chi connectivity index (χ1n) is 6.85. The molecule has 0 fully saturated rings. The largest absolute Gasteiger partial charge is 0.490 e. The van der Waals surface area contributed by atoms with E-state index in [4.69, 9.17) is 9.47 Å². The highest BCUT2D eigenvalue weighted by Crippen LogP contribution is 2.20. The molecule has 0 aliphatic carbocycles. The van der Waals surface area contributed by atoms with Crippen molar-refractivity contribution in [3.63, 3.8) is 0 Å². The topological polar surface area (TPSA) is 77.3 Å². The minimum Gasteiger partial charge on any atom is -0.490 e. The molecule has 0 amide bonds. The number of ether oxygens (including phenoxy) is 2. The van der Waals surface area contributed by atoms with Crippen molar-refractivity contribution in [2.45, 2.75) is 13.1 Å². The summed E-state index contributed by atoms with van der Waals surface area (Å²) in [6.07, 6.45) is 0. The molecule has 6 nitrogen and oxygen atoms in total. The molecule has 114 valence electrons. The monoisotopic (exact) mass is 300 g/mol. The van der Waals surface area contributed by atoms with Gasteiger partial charge in [-0.05, 0) is 12.1 Å². The van der Waals surface area contributed by atoms with E-state index in [1.54, 1.807) is 24.3 Å². The van der Waals surface area contributed by atoms with E-state index in [0.29, 0.717) is 24.7 Å². The summed E-state index contributed by atoms with van der Waals surface area (Å²) in [6, 6.07) is 14.5. The van der Waals surface area contributed by atoms with Gasteiger partial charge >= 0.3 is 0 Å². The maximum Gasteiger partial charge on any atom is 0.124 e. The number of nitroso groups, excluding NO2 is 2. The second kappa shape index (κ2) is 8.51. The lowest BCUT2D eigenvalue weighted by molar-refractivity contribution is 0.215. The molecule has 0 atom stereocenters. The van der Waals surface area contributed by atoms with Crippen LogP contribution >= 0.6 is 0 Å². The first kappa shape index (κ1) is 15.6. The molecule has 2 aromatic rings. The molecule has 22 heavy (non-hydrogen) atoms. The summed E-state index contributed by atoms with van der Waals surface area (Å²) in [5.74, 6) is 1.24. The standard InChI is InChI=1S/C16H16N2O4/c19-17-11-13-5-1-3-7-15(13)21-9-10-22-16-8-4-2-6-14(16)12-18-20/h1-8H,9-12H2. The fraction of sp³-hybridized carbons (Fsp3) is 0.250. The molecule has 2 rings (SSSR count). The molecule has 0 aromatic heterocycles. The van der Waals surface area contributed by atoms with Gasteiger partial charge in [0.05, 0.1) is 0 Å². The lowest BCUT2D eigenvalue weighted by Crippen LogP contribution is -2.10. The molecule has 0 radical (unpaired) electrons. The van der Waals surface area contributed by atoms with Crippen molar-refractivity contribution in [3.05, 3.63) is 69.5 Å². The van der Waals surface area contributed by atoms with Crippen molar-refractivity contribution >= 4 is 0 Å². The van der Waals surface area contributed by atoms with Gasteiger partial charge in [0, 0.05) is 11.1 Å². The van der Waals surface area contributed by atoms with Gasteiger partial charge < -0.3 is 9.47 Å². The molecule has 0 N–H and O–H groups in total. The number of rotatable bonds is 9. The van der Waals surface area contributed by atoms with Crippen LogP contribution in [0.25, 0.3) is 0 Å². The summed E-state index contributed by atoms with van der Waals surface area (Å²) in [6.45, 7) is 0.785. The van der Waals surface area contributed by atoms with Crippen LogP contribution in [0.3, 0.4) is 0 Å².